The Morgan fingerprint density at radius 2 is 1.88 bits per heavy atom. The molecule has 2 aliphatic rings. The number of piperidine rings is 1. The Balaban J connectivity index is 1.36. The summed E-state index contributed by atoms with van der Waals surface area (Å²) >= 11 is 0. The highest BCUT2D eigenvalue weighted by Crippen LogP contribution is 2.31. The summed E-state index contributed by atoms with van der Waals surface area (Å²) in [6.07, 6.45) is 4.40. The van der Waals surface area contributed by atoms with Gasteiger partial charge in [0.2, 0.25) is 5.91 Å². The smallest absolute Gasteiger partial charge is 0.262 e. The van der Waals surface area contributed by atoms with E-state index in [9.17, 15) is 14.4 Å². The lowest BCUT2D eigenvalue weighted by Gasteiger charge is -2.30. The van der Waals surface area contributed by atoms with Gasteiger partial charge >= 0.3 is 0 Å². The van der Waals surface area contributed by atoms with Crippen LogP contribution in [-0.2, 0) is 9.59 Å². The highest BCUT2D eigenvalue weighted by atomic mass is 16.5. The molecule has 33 heavy (non-hydrogen) atoms. The largest absolute Gasteiger partial charge is 0.497 e. The fourth-order valence-electron chi connectivity index (χ4n) is 4.07. The van der Waals surface area contributed by atoms with E-state index in [4.69, 9.17) is 14.2 Å². The number of anilines is 1. The van der Waals surface area contributed by atoms with E-state index in [1.165, 1.54) is 6.08 Å². The second-order valence-corrected chi connectivity index (χ2v) is 7.95. The van der Waals surface area contributed by atoms with Crippen LogP contribution >= 0.6 is 0 Å². The third-order valence-electron chi connectivity index (χ3n) is 5.92. The maximum Gasteiger partial charge on any atom is 0.262 e. The maximum atomic E-state index is 13.0. The molecule has 8 heteroatoms. The third kappa shape index (κ3) is 5.00. The lowest BCUT2D eigenvalue weighted by molar-refractivity contribution is -0.127. The van der Waals surface area contributed by atoms with E-state index < -0.39 is 0 Å². The maximum absolute atomic E-state index is 13.0. The summed E-state index contributed by atoms with van der Waals surface area (Å²) < 4.78 is 15.9. The second-order valence-electron chi connectivity index (χ2n) is 7.95. The summed E-state index contributed by atoms with van der Waals surface area (Å²) in [5.41, 5.74) is 1.80. The second kappa shape index (κ2) is 9.77. The van der Waals surface area contributed by atoms with Gasteiger partial charge in [-0.15, -0.1) is 0 Å². The standard InChI is InChI=1S/C25H26N2O6/c1-31-19-5-7-21(32-2)17(13-19)4-8-24(29)27-11-9-16(10-12-27)25(30)18-3-6-22-20(14-18)26-23(28)15-33-22/h3-8,13-14,16H,9-12,15H2,1-2H3,(H,26,28)/b8-4+. The van der Waals surface area contributed by atoms with Crippen molar-refractivity contribution < 1.29 is 28.6 Å². The minimum absolute atomic E-state index is 0.0152. The first-order valence-electron chi connectivity index (χ1n) is 10.8. The topological polar surface area (TPSA) is 94.2 Å². The van der Waals surface area contributed by atoms with Crippen LogP contribution in [-0.4, -0.2) is 56.4 Å². The van der Waals surface area contributed by atoms with Crippen LogP contribution in [0.25, 0.3) is 6.08 Å². The van der Waals surface area contributed by atoms with Crippen LogP contribution in [0.15, 0.2) is 42.5 Å². The highest BCUT2D eigenvalue weighted by molar-refractivity contribution is 6.02. The Hall–Kier alpha value is -3.81. The lowest BCUT2D eigenvalue weighted by Crippen LogP contribution is -2.39. The monoisotopic (exact) mass is 450 g/mol. The molecule has 2 aromatic carbocycles. The number of fused-ring (bicyclic) bond motifs is 1. The van der Waals surface area contributed by atoms with Crippen molar-refractivity contribution in [1.29, 1.82) is 0 Å². The van der Waals surface area contributed by atoms with Crippen molar-refractivity contribution in [3.05, 3.63) is 53.6 Å². The minimum Gasteiger partial charge on any atom is -0.497 e. The van der Waals surface area contributed by atoms with Gasteiger partial charge < -0.3 is 24.4 Å². The number of likely N-dealkylation sites (tertiary alicyclic amines) is 1. The summed E-state index contributed by atoms with van der Waals surface area (Å²) in [7, 11) is 3.16. The van der Waals surface area contributed by atoms with Crippen molar-refractivity contribution >= 4 is 29.4 Å². The van der Waals surface area contributed by atoms with E-state index in [1.807, 2.05) is 0 Å². The quantitative estimate of drug-likeness (QED) is 0.537. The Labute approximate surface area is 192 Å². The number of hydrogen-bond acceptors (Lipinski definition) is 6. The molecular weight excluding hydrogens is 424 g/mol. The number of ether oxygens (including phenoxy) is 3. The molecule has 0 saturated carbocycles. The van der Waals surface area contributed by atoms with Crippen LogP contribution in [0.2, 0.25) is 0 Å². The summed E-state index contributed by atoms with van der Waals surface area (Å²) in [4.78, 5) is 39.0. The Morgan fingerprint density at radius 1 is 1.09 bits per heavy atom. The molecule has 2 aromatic rings. The molecule has 0 bridgehead atoms. The van der Waals surface area contributed by atoms with Gasteiger partial charge in [0.15, 0.2) is 12.4 Å². The van der Waals surface area contributed by atoms with Crippen LogP contribution in [0.1, 0.15) is 28.8 Å². The van der Waals surface area contributed by atoms with Crippen molar-refractivity contribution in [2.45, 2.75) is 12.8 Å². The van der Waals surface area contributed by atoms with Gasteiger partial charge in [0, 0.05) is 36.2 Å². The first-order chi connectivity index (χ1) is 16.0. The number of carbonyl (C=O) groups excluding carboxylic acids is 3. The number of Topliss-reactive ketones (excluding diaryl/α,β-unsaturated/α-hetero) is 1. The van der Waals surface area contributed by atoms with Crippen molar-refractivity contribution in [2.24, 2.45) is 5.92 Å². The summed E-state index contributed by atoms with van der Waals surface area (Å²) in [6.45, 7) is 0.977. The Morgan fingerprint density at radius 3 is 2.61 bits per heavy atom. The number of ketones is 1. The zero-order valence-electron chi connectivity index (χ0n) is 18.6. The molecule has 2 amide bonds. The predicted molar refractivity (Wildman–Crippen MR) is 123 cm³/mol. The fraction of sp³-hybridized carbons (Fsp3) is 0.320. The molecular formula is C25H26N2O6. The molecule has 2 aliphatic heterocycles. The van der Waals surface area contributed by atoms with Crippen LogP contribution in [0, 0.1) is 5.92 Å². The van der Waals surface area contributed by atoms with Gasteiger partial charge in [0.1, 0.15) is 17.2 Å². The highest BCUT2D eigenvalue weighted by Gasteiger charge is 2.28. The van der Waals surface area contributed by atoms with Gasteiger partial charge in [0.25, 0.3) is 5.91 Å². The normalized spacial score (nSPS) is 16.1. The van der Waals surface area contributed by atoms with Crippen molar-refractivity contribution in [3.8, 4) is 17.2 Å². The number of amides is 2. The van der Waals surface area contributed by atoms with Gasteiger partial charge in [-0.05, 0) is 55.3 Å². The first kappa shape index (κ1) is 22.4. The van der Waals surface area contributed by atoms with E-state index in [0.29, 0.717) is 54.4 Å². The van der Waals surface area contributed by atoms with Crippen LogP contribution in [0.4, 0.5) is 5.69 Å². The zero-order chi connectivity index (χ0) is 23.4. The van der Waals surface area contributed by atoms with Crippen LogP contribution < -0.4 is 19.5 Å². The summed E-state index contributed by atoms with van der Waals surface area (Å²) in [5.74, 6) is 1.38. The van der Waals surface area contributed by atoms with Crippen molar-refractivity contribution in [2.75, 3.05) is 39.2 Å². The average molecular weight is 450 g/mol. The number of benzene rings is 2. The van der Waals surface area contributed by atoms with E-state index in [0.717, 1.165) is 5.56 Å². The molecule has 0 aliphatic carbocycles. The minimum atomic E-state index is -0.237. The fourth-order valence-corrected chi connectivity index (χ4v) is 4.07. The van der Waals surface area contributed by atoms with E-state index >= 15 is 0 Å². The molecule has 8 nitrogen and oxygen atoms in total. The zero-order valence-corrected chi connectivity index (χ0v) is 18.6. The van der Waals surface area contributed by atoms with Gasteiger partial charge in [-0.25, -0.2) is 0 Å². The SMILES string of the molecule is COc1ccc(OC)c(/C=C/C(=O)N2CCC(C(=O)c3ccc4c(c3)NC(=O)CO4)CC2)c1. The lowest BCUT2D eigenvalue weighted by atomic mass is 9.88. The van der Waals surface area contributed by atoms with Gasteiger partial charge in [-0.2, -0.15) is 0 Å². The number of nitrogens with one attached hydrogen (secondary N) is 1. The van der Waals surface area contributed by atoms with Crippen molar-refractivity contribution in [3.63, 3.8) is 0 Å². The molecule has 1 fully saturated rings. The van der Waals surface area contributed by atoms with Crippen molar-refractivity contribution in [1.82, 2.24) is 4.90 Å². The number of hydrogen-bond donors (Lipinski definition) is 1. The molecule has 0 radical (unpaired) electrons. The molecule has 1 N–H and O–H groups in total. The Kier molecular flexibility index (Phi) is 6.63. The summed E-state index contributed by atoms with van der Waals surface area (Å²) in [6, 6.07) is 10.5. The first-order valence-corrected chi connectivity index (χ1v) is 10.8. The molecule has 4 rings (SSSR count). The Bertz CT molecular complexity index is 1100. The molecule has 2 heterocycles. The molecule has 1 saturated heterocycles. The van der Waals surface area contributed by atoms with E-state index in [1.54, 1.807) is 61.6 Å². The summed E-state index contributed by atoms with van der Waals surface area (Å²) in [5, 5.41) is 2.73. The predicted octanol–water partition coefficient (Wildman–Crippen LogP) is 3.17. The molecule has 172 valence electrons. The molecule has 0 atom stereocenters. The van der Waals surface area contributed by atoms with Gasteiger partial charge in [-0.1, -0.05) is 0 Å². The van der Waals surface area contributed by atoms with Crippen LogP contribution in [0.5, 0.6) is 17.2 Å². The average Bonchev–Trinajstić information content (AvgIpc) is 2.86. The third-order valence-corrected chi connectivity index (χ3v) is 5.92. The molecule has 0 spiro atoms. The molecule has 0 aromatic heterocycles. The number of methoxy groups -OCH3 is 2. The van der Waals surface area contributed by atoms with Gasteiger partial charge in [-0.3, -0.25) is 14.4 Å². The molecule has 0 unspecified atom stereocenters. The number of carbonyl (C=O) groups is 3. The number of nitrogens with zero attached hydrogens (tertiary/aromatic N) is 1. The van der Waals surface area contributed by atoms with E-state index in [2.05, 4.69) is 5.32 Å². The van der Waals surface area contributed by atoms with E-state index in [-0.39, 0.29) is 30.1 Å². The number of rotatable bonds is 6. The van der Waals surface area contributed by atoms with Crippen LogP contribution in [0.3, 0.4) is 0 Å². The van der Waals surface area contributed by atoms with Gasteiger partial charge in [0.05, 0.1) is 19.9 Å².